The predicted octanol–water partition coefficient (Wildman–Crippen LogP) is 10.9. The highest BCUT2D eigenvalue weighted by molar-refractivity contribution is 5.49. The van der Waals surface area contributed by atoms with Crippen molar-refractivity contribution in [2.45, 2.75) is 65.2 Å². The molecule has 0 aliphatic rings. The van der Waals surface area contributed by atoms with Gasteiger partial charge in [0.05, 0.1) is 0 Å². The SMILES string of the molecule is Cc1cccc(Oc2cccc(C)c2CCCCC=Cc2ccccc2)c1CCCCC=Cc1ccccc1. The molecule has 0 N–H and O–H groups in total. The standard InChI is InChI=1S/C38H42O/c1-31-19-17-29-37(35(31)27-15-5-3-9-21-33-23-11-7-12-24-33)39-38-30-18-20-32(2)36(38)28-16-6-4-10-22-34-25-13-8-14-26-34/h7-14,17-26,29-30H,3-6,15-16,27-28H2,1-2H3. The Hall–Kier alpha value is -3.84. The minimum atomic E-state index is 1.01. The van der Waals surface area contributed by atoms with Gasteiger partial charge in [-0.15, -0.1) is 0 Å². The third-order valence-corrected chi connectivity index (χ3v) is 7.27. The minimum absolute atomic E-state index is 1.01. The Morgan fingerprint density at radius 3 is 1.36 bits per heavy atom. The molecule has 0 atom stereocenters. The van der Waals surface area contributed by atoms with E-state index in [0.717, 1.165) is 50.0 Å². The quantitative estimate of drug-likeness (QED) is 0.152. The Kier molecular flexibility index (Phi) is 11.2. The molecule has 39 heavy (non-hydrogen) atoms. The number of rotatable bonds is 14. The van der Waals surface area contributed by atoms with Gasteiger partial charge < -0.3 is 4.74 Å². The number of unbranched alkanes of at least 4 members (excludes halogenated alkanes) is 4. The number of aryl methyl sites for hydroxylation is 2. The smallest absolute Gasteiger partial charge is 0.130 e. The highest BCUT2D eigenvalue weighted by Gasteiger charge is 2.12. The van der Waals surface area contributed by atoms with E-state index in [9.17, 15) is 0 Å². The lowest BCUT2D eigenvalue weighted by molar-refractivity contribution is 0.466. The molecule has 0 unspecified atom stereocenters. The molecule has 0 aliphatic heterocycles. The van der Waals surface area contributed by atoms with Crippen LogP contribution in [0.3, 0.4) is 0 Å². The number of hydrogen-bond donors (Lipinski definition) is 0. The van der Waals surface area contributed by atoms with Crippen LogP contribution >= 0.6 is 0 Å². The van der Waals surface area contributed by atoms with Gasteiger partial charge in [0.25, 0.3) is 0 Å². The fourth-order valence-corrected chi connectivity index (χ4v) is 5.00. The molecule has 4 aromatic rings. The van der Waals surface area contributed by atoms with Crippen LogP contribution in [0.25, 0.3) is 12.2 Å². The van der Waals surface area contributed by atoms with Gasteiger partial charge in [-0.2, -0.15) is 0 Å². The van der Waals surface area contributed by atoms with Crippen LogP contribution in [0.4, 0.5) is 0 Å². The first-order valence-corrected chi connectivity index (χ1v) is 14.5. The van der Waals surface area contributed by atoms with Gasteiger partial charge >= 0.3 is 0 Å². The van der Waals surface area contributed by atoms with Crippen molar-refractivity contribution in [3.63, 3.8) is 0 Å². The summed E-state index contributed by atoms with van der Waals surface area (Å²) in [6.45, 7) is 4.41. The number of allylic oxidation sites excluding steroid dienone is 2. The van der Waals surface area contributed by atoms with Crippen LogP contribution in [0, 0.1) is 13.8 Å². The van der Waals surface area contributed by atoms with E-state index < -0.39 is 0 Å². The van der Waals surface area contributed by atoms with Gasteiger partial charge in [0.15, 0.2) is 0 Å². The van der Waals surface area contributed by atoms with Crippen molar-refractivity contribution in [2.75, 3.05) is 0 Å². The van der Waals surface area contributed by atoms with Crippen LogP contribution in [0.15, 0.2) is 109 Å². The molecule has 1 heteroatoms. The van der Waals surface area contributed by atoms with Crippen molar-refractivity contribution < 1.29 is 4.74 Å². The third-order valence-electron chi connectivity index (χ3n) is 7.27. The maximum absolute atomic E-state index is 6.65. The van der Waals surface area contributed by atoms with Crippen molar-refractivity contribution >= 4 is 12.2 Å². The van der Waals surface area contributed by atoms with E-state index in [1.165, 1.54) is 46.2 Å². The van der Waals surface area contributed by atoms with E-state index >= 15 is 0 Å². The molecule has 0 saturated carbocycles. The van der Waals surface area contributed by atoms with Crippen molar-refractivity contribution in [3.05, 3.63) is 143 Å². The second kappa shape index (κ2) is 15.5. The molecule has 0 aromatic heterocycles. The maximum atomic E-state index is 6.65. The lowest BCUT2D eigenvalue weighted by atomic mass is 9.99. The zero-order valence-corrected chi connectivity index (χ0v) is 23.6. The number of ether oxygens (including phenoxy) is 1. The summed E-state index contributed by atoms with van der Waals surface area (Å²) >= 11 is 0. The molecule has 0 saturated heterocycles. The first kappa shape index (κ1) is 28.2. The average Bonchev–Trinajstić information content (AvgIpc) is 2.96. The zero-order chi connectivity index (χ0) is 27.1. The van der Waals surface area contributed by atoms with Crippen molar-refractivity contribution in [3.8, 4) is 11.5 Å². The molecule has 0 fully saturated rings. The highest BCUT2D eigenvalue weighted by Crippen LogP contribution is 2.33. The molecule has 0 radical (unpaired) electrons. The monoisotopic (exact) mass is 514 g/mol. The van der Waals surface area contributed by atoms with Gasteiger partial charge in [0.1, 0.15) is 11.5 Å². The van der Waals surface area contributed by atoms with E-state index in [1.807, 2.05) is 0 Å². The topological polar surface area (TPSA) is 9.23 Å². The first-order chi connectivity index (χ1) is 19.2. The predicted molar refractivity (Wildman–Crippen MR) is 168 cm³/mol. The van der Waals surface area contributed by atoms with Gasteiger partial charge in [-0.1, -0.05) is 109 Å². The van der Waals surface area contributed by atoms with Crippen LogP contribution in [0.2, 0.25) is 0 Å². The summed E-state index contributed by atoms with van der Waals surface area (Å²) in [5.41, 5.74) is 7.83. The zero-order valence-electron chi connectivity index (χ0n) is 23.6. The summed E-state index contributed by atoms with van der Waals surface area (Å²) in [6.07, 6.45) is 17.9. The van der Waals surface area contributed by atoms with Gasteiger partial charge in [-0.05, 0) is 111 Å². The second-order valence-electron chi connectivity index (χ2n) is 10.3. The second-order valence-corrected chi connectivity index (χ2v) is 10.3. The fraction of sp³-hybridized carbons (Fsp3) is 0.263. The molecule has 0 heterocycles. The van der Waals surface area contributed by atoms with E-state index in [2.05, 4.69) is 135 Å². The summed E-state index contributed by atoms with van der Waals surface area (Å²) in [7, 11) is 0. The first-order valence-electron chi connectivity index (χ1n) is 14.5. The van der Waals surface area contributed by atoms with E-state index in [4.69, 9.17) is 4.74 Å². The molecular formula is C38H42O. The third kappa shape index (κ3) is 9.14. The molecule has 200 valence electrons. The Morgan fingerprint density at radius 1 is 0.487 bits per heavy atom. The highest BCUT2D eigenvalue weighted by atomic mass is 16.5. The molecule has 4 aromatic carbocycles. The molecule has 0 aliphatic carbocycles. The van der Waals surface area contributed by atoms with Crippen molar-refractivity contribution in [2.24, 2.45) is 0 Å². The minimum Gasteiger partial charge on any atom is -0.457 e. The van der Waals surface area contributed by atoms with Crippen LogP contribution in [0.1, 0.15) is 71.9 Å². The summed E-state index contributed by atoms with van der Waals surface area (Å²) in [6, 6.07) is 34.0. The lowest BCUT2D eigenvalue weighted by Gasteiger charge is -2.17. The van der Waals surface area contributed by atoms with Gasteiger partial charge in [0, 0.05) is 0 Å². The molecular weight excluding hydrogens is 472 g/mol. The fourth-order valence-electron chi connectivity index (χ4n) is 5.00. The van der Waals surface area contributed by atoms with Crippen molar-refractivity contribution in [1.82, 2.24) is 0 Å². The maximum Gasteiger partial charge on any atom is 0.130 e. The number of benzene rings is 4. The normalized spacial score (nSPS) is 11.4. The van der Waals surface area contributed by atoms with Gasteiger partial charge in [-0.25, -0.2) is 0 Å². The summed E-state index contributed by atoms with van der Waals surface area (Å²) in [5.74, 6) is 2.01. The largest absolute Gasteiger partial charge is 0.457 e. The lowest BCUT2D eigenvalue weighted by Crippen LogP contribution is -1.99. The van der Waals surface area contributed by atoms with Crippen LogP contribution < -0.4 is 4.74 Å². The number of hydrogen-bond acceptors (Lipinski definition) is 1. The van der Waals surface area contributed by atoms with Crippen LogP contribution in [0.5, 0.6) is 11.5 Å². The average molecular weight is 515 g/mol. The van der Waals surface area contributed by atoms with Gasteiger partial charge in [-0.3, -0.25) is 0 Å². The Labute approximate surface area is 235 Å². The summed E-state index contributed by atoms with van der Waals surface area (Å²) in [5, 5.41) is 0. The molecule has 0 bridgehead atoms. The van der Waals surface area contributed by atoms with Gasteiger partial charge in [0.2, 0.25) is 0 Å². The van der Waals surface area contributed by atoms with E-state index in [0.29, 0.717) is 0 Å². The Bertz CT molecular complexity index is 1230. The molecule has 4 rings (SSSR count). The summed E-state index contributed by atoms with van der Waals surface area (Å²) < 4.78 is 6.65. The van der Waals surface area contributed by atoms with E-state index in [-0.39, 0.29) is 0 Å². The molecule has 1 nitrogen and oxygen atoms in total. The molecule has 0 amide bonds. The van der Waals surface area contributed by atoms with Crippen LogP contribution in [-0.2, 0) is 12.8 Å². The van der Waals surface area contributed by atoms with Crippen LogP contribution in [-0.4, -0.2) is 0 Å². The molecule has 0 spiro atoms. The van der Waals surface area contributed by atoms with E-state index in [1.54, 1.807) is 0 Å². The summed E-state index contributed by atoms with van der Waals surface area (Å²) in [4.78, 5) is 0. The Morgan fingerprint density at radius 2 is 0.923 bits per heavy atom. The Balaban J connectivity index is 1.31. The van der Waals surface area contributed by atoms with Crippen molar-refractivity contribution in [1.29, 1.82) is 0 Å².